The van der Waals surface area contributed by atoms with Crippen LogP contribution in [0.2, 0.25) is 0 Å². The van der Waals surface area contributed by atoms with E-state index in [1.165, 1.54) is 60.4 Å². The molecule has 5 aliphatic rings. The van der Waals surface area contributed by atoms with Gasteiger partial charge in [-0.3, -0.25) is 8.37 Å². The van der Waals surface area contributed by atoms with Gasteiger partial charge in [-0.2, -0.15) is 16.8 Å². The van der Waals surface area contributed by atoms with Crippen LogP contribution in [0.5, 0.6) is 0 Å². The van der Waals surface area contributed by atoms with E-state index in [-0.39, 0.29) is 55.1 Å². The Kier molecular flexibility index (Phi) is 35.1. The highest BCUT2D eigenvalue weighted by molar-refractivity contribution is 7.86. The average molecular weight is 1240 g/mol. The summed E-state index contributed by atoms with van der Waals surface area (Å²) in [7, 11) is -0.661. The van der Waals surface area contributed by atoms with Gasteiger partial charge in [0.05, 0.1) is 90.2 Å². The second-order valence-corrected chi connectivity index (χ2v) is 25.1. The molecule has 12 atom stereocenters. The maximum atomic E-state index is 11.6. The predicted octanol–water partition coefficient (Wildman–Crippen LogP) is 7.90. The molecule has 1 heterocycles. The number of epoxide rings is 1. The number of esters is 5. The van der Waals surface area contributed by atoms with E-state index in [0.29, 0.717) is 47.1 Å². The topological polar surface area (TPSA) is 312 Å². The first-order chi connectivity index (χ1) is 40.2. The number of aryl methyl sites for hydroxylation is 1. The van der Waals surface area contributed by atoms with Crippen LogP contribution in [-0.2, 0) is 82.6 Å². The summed E-state index contributed by atoms with van der Waals surface area (Å²) in [5.41, 5.74) is 3.84. The molecular formula is C62H98O21S2. The Morgan fingerprint density at radius 1 is 0.494 bits per heavy atom. The lowest BCUT2D eigenvalue weighted by atomic mass is 9.83. The van der Waals surface area contributed by atoms with Crippen molar-refractivity contribution in [1.82, 2.24) is 0 Å². The number of aliphatic hydroxyl groups is 4. The third-order valence-corrected chi connectivity index (χ3v) is 16.1. The molecule has 4 aliphatic carbocycles. The summed E-state index contributed by atoms with van der Waals surface area (Å²) in [5.74, 6) is -2.20. The highest BCUT2D eigenvalue weighted by atomic mass is 32.2. The third-order valence-electron chi connectivity index (χ3n) is 15.0. The molecule has 0 aromatic heterocycles. The number of carbonyl (C=O) groups is 5. The molecule has 1 aromatic rings. The summed E-state index contributed by atoms with van der Waals surface area (Å²) in [6, 6.07) is 7.63. The van der Waals surface area contributed by atoms with Crippen molar-refractivity contribution in [1.29, 1.82) is 0 Å². The number of rotatable bonds is 24. The highest BCUT2D eigenvalue weighted by Crippen LogP contribution is 2.42. The maximum absolute atomic E-state index is 11.6. The smallest absolute Gasteiger partial charge is 0.337 e. The monoisotopic (exact) mass is 1240 g/mol. The van der Waals surface area contributed by atoms with Gasteiger partial charge in [-0.25, -0.2) is 24.0 Å². The van der Waals surface area contributed by atoms with Crippen LogP contribution >= 0.6 is 0 Å². The predicted molar refractivity (Wildman–Crippen MR) is 319 cm³/mol. The van der Waals surface area contributed by atoms with Crippen molar-refractivity contribution in [3.05, 3.63) is 82.0 Å². The lowest BCUT2D eigenvalue weighted by Crippen LogP contribution is -2.41. The van der Waals surface area contributed by atoms with Crippen molar-refractivity contribution in [2.24, 2.45) is 23.7 Å². The van der Waals surface area contributed by atoms with Gasteiger partial charge in [0.15, 0.2) is 0 Å². The zero-order valence-corrected chi connectivity index (χ0v) is 53.7. The number of benzene rings is 1. The first-order valence-electron chi connectivity index (χ1n) is 29.7. The van der Waals surface area contributed by atoms with Crippen molar-refractivity contribution in [2.75, 3.05) is 48.1 Å². The van der Waals surface area contributed by atoms with Crippen molar-refractivity contribution in [3.63, 3.8) is 0 Å². The van der Waals surface area contributed by atoms with Gasteiger partial charge >= 0.3 is 29.8 Å². The summed E-state index contributed by atoms with van der Waals surface area (Å²) < 4.78 is 83.8. The number of carbonyl (C=O) groups excluding carboxylic acids is 5. The Morgan fingerprint density at radius 3 is 1.35 bits per heavy atom. The number of unbranched alkanes of at least 4 members (excludes halogenated alkanes) is 5. The molecule has 0 bridgehead atoms. The number of hydrogen-bond acceptors (Lipinski definition) is 21. The molecule has 6 rings (SSSR count). The van der Waals surface area contributed by atoms with Gasteiger partial charge in [0.1, 0.15) is 12.2 Å². The van der Waals surface area contributed by atoms with Gasteiger partial charge < -0.3 is 48.8 Å². The molecule has 85 heavy (non-hydrogen) atoms. The fourth-order valence-electron chi connectivity index (χ4n) is 10.4. The molecule has 4 N–H and O–H groups in total. The van der Waals surface area contributed by atoms with Gasteiger partial charge in [0.25, 0.3) is 20.2 Å². The number of hydrogen-bond donors (Lipinski definition) is 4. The standard InChI is InChI=1S/2C13H22O6S.C12H20O4.C12H18O3.C12H16O2/c1-4-5-6-9-7-10(13(15)18-2)8-11(12(9)14)19-20(3,16)17;1-4-5-6-9-7-10(13(15)18-2)8-11(14)12(9)19-20(3,16)17;1-3-4-5-8-6-9(12(15)16-2)7-10(13)11(8)14;1-3-4-5-8-6-9(12(13)14-2)7-10-11(8)15-10;1-3-4-6-10-7-5-8-11(9-10)12(13)14-2/h2*7,9,11-12,14H,4-6,8H2,1-3H3;6,8,10-11,13-14H,3-5,7H2,1-2H3;6,8,10-11H,3-5,7H2,1-2H3;5,7-9H,3-4,6H2,1-2H3/t9-,11?,12-;9-,11-,12-;8-,10-,11-;8-,10+,11-;/m1111./s1. The fourth-order valence-corrected chi connectivity index (χ4v) is 11.7. The molecule has 1 aromatic carbocycles. The van der Waals surface area contributed by atoms with Crippen LogP contribution in [0, 0.1) is 23.7 Å². The summed E-state index contributed by atoms with van der Waals surface area (Å²) in [6.07, 6.45) is 19.9. The summed E-state index contributed by atoms with van der Waals surface area (Å²) in [4.78, 5) is 57.2. The largest absolute Gasteiger partial charge is 0.466 e. The molecule has 0 spiro atoms. The first-order valence-corrected chi connectivity index (χ1v) is 33.3. The Morgan fingerprint density at radius 2 is 0.894 bits per heavy atom. The zero-order chi connectivity index (χ0) is 64.0. The molecule has 1 aliphatic heterocycles. The quantitative estimate of drug-likeness (QED) is 0.0331. The fraction of sp³-hybridized carbons (Fsp3) is 0.694. The first kappa shape index (κ1) is 76.2. The molecule has 484 valence electrons. The van der Waals surface area contributed by atoms with E-state index in [1.54, 1.807) is 24.3 Å². The van der Waals surface area contributed by atoms with E-state index in [4.69, 9.17) is 17.8 Å². The van der Waals surface area contributed by atoms with Crippen molar-refractivity contribution >= 4 is 50.1 Å². The van der Waals surface area contributed by atoms with Crippen LogP contribution < -0.4 is 0 Å². The van der Waals surface area contributed by atoms with Gasteiger partial charge in [-0.15, -0.1) is 0 Å². The van der Waals surface area contributed by atoms with E-state index in [1.807, 2.05) is 32.0 Å². The average Bonchev–Trinajstić information content (AvgIpc) is 4.49. The summed E-state index contributed by atoms with van der Waals surface area (Å²) in [5, 5.41) is 39.7. The minimum atomic E-state index is -3.70. The van der Waals surface area contributed by atoms with Gasteiger partial charge in [-0.05, 0) is 56.2 Å². The lowest BCUT2D eigenvalue weighted by molar-refractivity contribution is -0.138. The molecule has 21 nitrogen and oxygen atoms in total. The normalized spacial score (nSPS) is 25.7. The summed E-state index contributed by atoms with van der Waals surface area (Å²) in [6.45, 7) is 10.4. The minimum absolute atomic E-state index is 0.0313. The third kappa shape index (κ3) is 27.4. The SMILES string of the molecule is CCCC[C@@H]1C=C(C(=O)OC)CC(OS(C)(=O)=O)[C@@H]1O.CCCC[C@@H]1C=C(C(=O)OC)C[C@@H](O)[C@@H]1O.CCCC[C@@H]1C=C(C(=O)OC)C[C@@H](O)[C@@H]1OS(C)(=O)=O.CCCC[C@@H]1C=C(C(=O)OC)C[C@@H]2O[C@@H]21.CCCCc1cccc(C(=O)OC)c1. The van der Waals surface area contributed by atoms with Gasteiger partial charge in [-0.1, -0.05) is 129 Å². The molecule has 0 saturated carbocycles. The maximum Gasteiger partial charge on any atom is 0.337 e. The molecule has 23 heteroatoms. The Labute approximate surface area is 505 Å². The molecule has 1 unspecified atom stereocenters. The molecule has 0 amide bonds. The molecule has 1 fully saturated rings. The highest BCUT2D eigenvalue weighted by Gasteiger charge is 2.48. The molecular weight excluding hydrogens is 1140 g/mol. The number of aliphatic hydroxyl groups excluding tert-OH is 4. The van der Waals surface area contributed by atoms with Crippen LogP contribution in [0.3, 0.4) is 0 Å². The van der Waals surface area contributed by atoms with Crippen molar-refractivity contribution in [3.8, 4) is 0 Å². The lowest BCUT2D eigenvalue weighted by Gasteiger charge is -2.32. The Hall–Kier alpha value is -4.85. The Balaban J connectivity index is 0.000000365. The van der Waals surface area contributed by atoms with Crippen LogP contribution in [0.25, 0.3) is 0 Å². The number of ether oxygens (including phenoxy) is 6. The second kappa shape index (κ2) is 39.1. The van der Waals surface area contributed by atoms with E-state index >= 15 is 0 Å². The van der Waals surface area contributed by atoms with Crippen LogP contribution in [0.4, 0.5) is 0 Å². The van der Waals surface area contributed by atoms with Gasteiger partial charge in [0, 0.05) is 71.6 Å². The minimum Gasteiger partial charge on any atom is -0.466 e. The van der Waals surface area contributed by atoms with E-state index in [0.717, 1.165) is 88.7 Å². The van der Waals surface area contributed by atoms with E-state index in [9.17, 15) is 61.2 Å². The molecule has 0 radical (unpaired) electrons. The van der Waals surface area contributed by atoms with Gasteiger partial charge in [0.2, 0.25) is 0 Å². The number of fused-ring (bicyclic) bond motifs is 1. The van der Waals surface area contributed by atoms with Crippen LogP contribution in [0.15, 0.2) is 70.9 Å². The van der Waals surface area contributed by atoms with Crippen LogP contribution in [-0.4, -0.2) is 164 Å². The van der Waals surface area contributed by atoms with E-state index in [2.05, 4.69) is 45.8 Å². The van der Waals surface area contributed by atoms with Crippen molar-refractivity contribution in [2.45, 2.75) is 205 Å². The van der Waals surface area contributed by atoms with Crippen LogP contribution in [0.1, 0.15) is 166 Å². The zero-order valence-electron chi connectivity index (χ0n) is 52.0. The summed E-state index contributed by atoms with van der Waals surface area (Å²) >= 11 is 0. The number of methoxy groups -OCH3 is 5. The van der Waals surface area contributed by atoms with E-state index < -0.39 is 74.8 Å². The molecule has 1 saturated heterocycles. The van der Waals surface area contributed by atoms with Crippen molar-refractivity contribution < 1.29 is 98.0 Å². The Bertz CT molecular complexity index is 2610. The second-order valence-electron chi connectivity index (χ2n) is 21.9.